The van der Waals surface area contributed by atoms with E-state index in [1.165, 1.54) is 18.3 Å². The number of amides is 2. The monoisotopic (exact) mass is 473 g/mol. The van der Waals surface area contributed by atoms with Crippen LogP contribution in [0.1, 0.15) is 34.0 Å². The number of nitrogens with one attached hydrogen (secondary N) is 1. The summed E-state index contributed by atoms with van der Waals surface area (Å²) in [5.41, 5.74) is 4.84. The Morgan fingerprint density at radius 2 is 1.66 bits per heavy atom. The van der Waals surface area contributed by atoms with Gasteiger partial charge in [-0.3, -0.25) is 10.1 Å². The second-order valence-corrected chi connectivity index (χ2v) is 8.58. The molecule has 1 aromatic heterocycles. The summed E-state index contributed by atoms with van der Waals surface area (Å²) in [6, 6.07) is 17.9. The summed E-state index contributed by atoms with van der Waals surface area (Å²) in [6.45, 7) is 0.0922. The molecule has 2 atom stereocenters. The van der Waals surface area contributed by atoms with Gasteiger partial charge in [0.05, 0.1) is 18.0 Å². The van der Waals surface area contributed by atoms with Gasteiger partial charge in [0, 0.05) is 18.9 Å². The van der Waals surface area contributed by atoms with Crippen molar-refractivity contribution >= 4 is 23.7 Å². The highest BCUT2D eigenvalue weighted by molar-refractivity contribution is 5.96. The van der Waals surface area contributed by atoms with Gasteiger partial charge in [0.15, 0.2) is 0 Å². The highest BCUT2D eigenvalue weighted by Crippen LogP contribution is 2.44. The van der Waals surface area contributed by atoms with Gasteiger partial charge in [-0.25, -0.2) is 14.6 Å². The number of fused-ring (bicyclic) bond motifs is 3. The average molecular weight is 473 g/mol. The lowest BCUT2D eigenvalue weighted by Gasteiger charge is -2.20. The number of likely N-dealkylation sites (tertiary alicyclic amines) is 1. The number of carboxylic acid groups (broad SMARTS) is 1. The fraction of sp³-hybridized carbons (Fsp3) is 0.231. The van der Waals surface area contributed by atoms with E-state index in [1.807, 2.05) is 36.4 Å². The Bertz CT molecular complexity index is 1250. The van der Waals surface area contributed by atoms with Crippen LogP contribution in [0, 0.1) is 0 Å². The first-order valence-corrected chi connectivity index (χ1v) is 11.2. The van der Waals surface area contributed by atoms with Gasteiger partial charge < -0.3 is 19.8 Å². The van der Waals surface area contributed by atoms with E-state index < -0.39 is 30.1 Å². The molecular weight excluding hydrogens is 450 g/mol. The van der Waals surface area contributed by atoms with Crippen molar-refractivity contribution in [1.29, 1.82) is 0 Å². The maximum absolute atomic E-state index is 12.7. The zero-order valence-corrected chi connectivity index (χ0v) is 18.6. The SMILES string of the molecule is O=C(Nc1ccc(C(=O)N2CC(O)C[C@H]2C(=O)O)nc1)OCC1c2ccccc2-c2ccccc21. The lowest BCUT2D eigenvalue weighted by atomic mass is 9.98. The topological polar surface area (TPSA) is 129 Å². The van der Waals surface area contributed by atoms with Crippen molar-refractivity contribution in [1.82, 2.24) is 9.88 Å². The Balaban J connectivity index is 1.21. The zero-order chi connectivity index (χ0) is 24.5. The molecule has 1 unspecified atom stereocenters. The van der Waals surface area contributed by atoms with E-state index in [-0.39, 0.29) is 31.2 Å². The summed E-state index contributed by atoms with van der Waals surface area (Å²) in [7, 11) is 0. The minimum Gasteiger partial charge on any atom is -0.480 e. The van der Waals surface area contributed by atoms with E-state index in [0.717, 1.165) is 27.2 Å². The molecule has 0 bridgehead atoms. The van der Waals surface area contributed by atoms with Crippen molar-refractivity contribution in [3.63, 3.8) is 0 Å². The molecule has 35 heavy (non-hydrogen) atoms. The molecule has 2 aliphatic rings. The fourth-order valence-electron chi connectivity index (χ4n) is 4.77. The summed E-state index contributed by atoms with van der Waals surface area (Å²) in [6.07, 6.45) is -0.268. The number of aliphatic carboxylic acids is 1. The van der Waals surface area contributed by atoms with Gasteiger partial charge >= 0.3 is 12.1 Å². The Hall–Kier alpha value is -4.24. The predicted octanol–water partition coefficient (Wildman–Crippen LogP) is 3.10. The molecule has 2 amide bonds. The van der Waals surface area contributed by atoms with Crippen LogP contribution >= 0.6 is 0 Å². The highest BCUT2D eigenvalue weighted by atomic mass is 16.5. The number of benzene rings is 2. The molecule has 3 N–H and O–H groups in total. The largest absolute Gasteiger partial charge is 0.480 e. The van der Waals surface area contributed by atoms with Crippen LogP contribution in [0.2, 0.25) is 0 Å². The van der Waals surface area contributed by atoms with Gasteiger partial charge in [-0.05, 0) is 34.4 Å². The van der Waals surface area contributed by atoms with E-state index in [2.05, 4.69) is 22.4 Å². The lowest BCUT2D eigenvalue weighted by Crippen LogP contribution is -2.40. The number of aliphatic hydroxyl groups is 1. The van der Waals surface area contributed by atoms with E-state index in [9.17, 15) is 24.6 Å². The van der Waals surface area contributed by atoms with Crippen LogP contribution in [0.25, 0.3) is 11.1 Å². The fourth-order valence-corrected chi connectivity index (χ4v) is 4.77. The first-order chi connectivity index (χ1) is 16.9. The first-order valence-electron chi connectivity index (χ1n) is 11.2. The molecule has 1 aliphatic carbocycles. The van der Waals surface area contributed by atoms with Gasteiger partial charge in [-0.2, -0.15) is 0 Å². The molecule has 0 saturated carbocycles. The third-order valence-electron chi connectivity index (χ3n) is 6.40. The number of aromatic nitrogens is 1. The quantitative estimate of drug-likeness (QED) is 0.519. The molecule has 3 aromatic rings. The molecule has 9 nitrogen and oxygen atoms in total. The second kappa shape index (κ2) is 9.19. The molecule has 9 heteroatoms. The zero-order valence-electron chi connectivity index (χ0n) is 18.6. The normalized spacial score (nSPS) is 18.6. The Kier molecular flexibility index (Phi) is 5.92. The molecule has 5 rings (SSSR count). The summed E-state index contributed by atoms with van der Waals surface area (Å²) in [5, 5.41) is 21.6. The maximum Gasteiger partial charge on any atom is 0.411 e. The smallest absolute Gasteiger partial charge is 0.411 e. The van der Waals surface area contributed by atoms with Crippen molar-refractivity contribution < 1.29 is 29.3 Å². The molecule has 2 heterocycles. The number of aliphatic hydroxyl groups excluding tert-OH is 1. The number of ether oxygens (including phenoxy) is 1. The summed E-state index contributed by atoms with van der Waals surface area (Å²) >= 11 is 0. The molecular formula is C26H23N3O6. The second-order valence-electron chi connectivity index (χ2n) is 8.58. The third-order valence-corrected chi connectivity index (χ3v) is 6.40. The van der Waals surface area contributed by atoms with Gasteiger partial charge in [0.1, 0.15) is 18.3 Å². The van der Waals surface area contributed by atoms with Crippen LogP contribution in [0.4, 0.5) is 10.5 Å². The number of hydrogen-bond donors (Lipinski definition) is 3. The standard InChI is InChI=1S/C26H23N3O6/c30-16-11-23(25(32)33)29(13-16)24(31)22-10-9-15(12-27-22)28-26(34)35-14-21-19-7-3-1-5-17(19)18-6-2-4-8-20(18)21/h1-10,12,16,21,23,30H,11,13-14H2,(H,28,34)(H,32,33)/t16?,23-/m0/s1. The lowest BCUT2D eigenvalue weighted by molar-refractivity contribution is -0.141. The number of pyridine rings is 1. The van der Waals surface area contributed by atoms with Crippen LogP contribution in [0.15, 0.2) is 66.9 Å². The maximum atomic E-state index is 12.7. The van der Waals surface area contributed by atoms with E-state index in [0.29, 0.717) is 5.69 Å². The van der Waals surface area contributed by atoms with Gasteiger partial charge in [0.25, 0.3) is 5.91 Å². The molecule has 0 spiro atoms. The number of carbonyl (C=O) groups is 3. The van der Waals surface area contributed by atoms with E-state index in [1.54, 1.807) is 0 Å². The van der Waals surface area contributed by atoms with Crippen LogP contribution in [-0.2, 0) is 9.53 Å². The van der Waals surface area contributed by atoms with Crippen LogP contribution in [0.5, 0.6) is 0 Å². The van der Waals surface area contributed by atoms with Crippen molar-refractivity contribution in [3.8, 4) is 11.1 Å². The number of hydrogen-bond acceptors (Lipinski definition) is 6. The Morgan fingerprint density at radius 1 is 1.00 bits per heavy atom. The predicted molar refractivity (Wildman–Crippen MR) is 126 cm³/mol. The summed E-state index contributed by atoms with van der Waals surface area (Å²) < 4.78 is 5.51. The molecule has 2 aromatic carbocycles. The van der Waals surface area contributed by atoms with Gasteiger partial charge in [0.2, 0.25) is 0 Å². The van der Waals surface area contributed by atoms with E-state index >= 15 is 0 Å². The summed E-state index contributed by atoms with van der Waals surface area (Å²) in [4.78, 5) is 41.6. The summed E-state index contributed by atoms with van der Waals surface area (Å²) in [5.74, 6) is -1.84. The number of nitrogens with zero attached hydrogens (tertiary/aromatic N) is 2. The van der Waals surface area contributed by atoms with Crippen molar-refractivity contribution in [2.24, 2.45) is 0 Å². The van der Waals surface area contributed by atoms with Crippen molar-refractivity contribution in [2.75, 3.05) is 18.5 Å². The molecule has 178 valence electrons. The van der Waals surface area contributed by atoms with Gasteiger partial charge in [-0.1, -0.05) is 48.5 Å². The molecule has 1 saturated heterocycles. The number of β-amino-alcohol motifs (C(OH)–C–C–N with tert-alkyl or cyclic N) is 1. The first kappa shape index (κ1) is 22.5. The van der Waals surface area contributed by atoms with Crippen molar-refractivity contribution in [3.05, 3.63) is 83.7 Å². The number of carbonyl (C=O) groups excluding carboxylic acids is 2. The molecule has 1 fully saturated rings. The molecule has 1 aliphatic heterocycles. The van der Waals surface area contributed by atoms with E-state index in [4.69, 9.17) is 4.74 Å². The minimum absolute atomic E-state index is 0.0171. The van der Waals surface area contributed by atoms with Crippen LogP contribution < -0.4 is 5.32 Å². The van der Waals surface area contributed by atoms with Crippen LogP contribution in [-0.4, -0.2) is 63.4 Å². The molecule has 0 radical (unpaired) electrons. The van der Waals surface area contributed by atoms with Crippen LogP contribution in [0.3, 0.4) is 0 Å². The Morgan fingerprint density at radius 3 is 2.26 bits per heavy atom. The number of rotatable bonds is 5. The number of anilines is 1. The van der Waals surface area contributed by atoms with Gasteiger partial charge in [-0.15, -0.1) is 0 Å². The highest BCUT2D eigenvalue weighted by Gasteiger charge is 2.39. The minimum atomic E-state index is -1.18. The number of carboxylic acids is 1. The Labute approximate surface area is 201 Å². The van der Waals surface area contributed by atoms with Crippen molar-refractivity contribution in [2.45, 2.75) is 24.5 Å². The third kappa shape index (κ3) is 4.33. The average Bonchev–Trinajstić information content (AvgIpc) is 3.41.